The van der Waals surface area contributed by atoms with Crippen molar-refractivity contribution in [3.05, 3.63) is 78.0 Å². The molecule has 3 heterocycles. The Labute approximate surface area is 192 Å². The van der Waals surface area contributed by atoms with Crippen LogP contribution in [0.1, 0.15) is 31.0 Å². The molecule has 1 fully saturated rings. The van der Waals surface area contributed by atoms with Crippen LogP contribution in [0.3, 0.4) is 0 Å². The van der Waals surface area contributed by atoms with Crippen molar-refractivity contribution in [1.82, 2.24) is 14.5 Å². The van der Waals surface area contributed by atoms with Crippen LogP contribution in [0.5, 0.6) is 5.75 Å². The highest BCUT2D eigenvalue weighted by molar-refractivity contribution is 5.83. The van der Waals surface area contributed by atoms with Crippen LogP contribution in [-0.4, -0.2) is 25.2 Å². The lowest BCUT2D eigenvalue weighted by molar-refractivity contribution is -0.0738. The van der Waals surface area contributed by atoms with E-state index in [1.807, 2.05) is 44.2 Å². The smallest absolute Gasteiger partial charge is 0.167 e. The molecule has 0 spiro atoms. The van der Waals surface area contributed by atoms with Gasteiger partial charge >= 0.3 is 0 Å². The van der Waals surface area contributed by atoms with E-state index in [0.29, 0.717) is 19.6 Å². The van der Waals surface area contributed by atoms with Gasteiger partial charge in [0, 0.05) is 22.4 Å². The third-order valence-corrected chi connectivity index (χ3v) is 6.70. The van der Waals surface area contributed by atoms with Crippen LogP contribution in [0.4, 0.5) is 0 Å². The fourth-order valence-corrected chi connectivity index (χ4v) is 5.28. The first-order chi connectivity index (χ1) is 15.8. The van der Waals surface area contributed by atoms with Crippen LogP contribution in [0.2, 0.25) is 0 Å². The first-order valence-electron chi connectivity index (χ1n) is 11.2. The van der Waals surface area contributed by atoms with Gasteiger partial charge in [-0.05, 0) is 44.4 Å². The van der Waals surface area contributed by atoms with Gasteiger partial charge in [-0.15, -0.1) is 0 Å². The molecule has 6 heteroatoms. The molecular weight excluding hydrogens is 412 g/mol. The van der Waals surface area contributed by atoms with E-state index in [0.717, 1.165) is 51.0 Å². The Balaban J connectivity index is 1.49. The first kappa shape index (κ1) is 20.1. The van der Waals surface area contributed by atoms with E-state index in [1.165, 1.54) is 0 Å². The van der Waals surface area contributed by atoms with E-state index in [9.17, 15) is 5.11 Å². The van der Waals surface area contributed by atoms with E-state index in [2.05, 4.69) is 41.0 Å². The highest BCUT2D eigenvalue weighted by atomic mass is 16.5. The number of nitrogens with zero attached hydrogens (tertiary/aromatic N) is 3. The van der Waals surface area contributed by atoms with Crippen LogP contribution < -0.4 is 10.5 Å². The molecule has 4 aromatic rings. The Hall–Kier alpha value is -3.48. The van der Waals surface area contributed by atoms with Crippen LogP contribution in [-0.2, 0) is 12.3 Å². The lowest BCUT2D eigenvalue weighted by atomic mass is 9.63. The predicted octanol–water partition coefficient (Wildman–Crippen LogP) is 4.64. The molecule has 1 aliphatic carbocycles. The number of aryl methyl sites for hydroxylation is 1. The maximum Gasteiger partial charge on any atom is 0.167 e. The van der Waals surface area contributed by atoms with Crippen molar-refractivity contribution in [1.29, 1.82) is 0 Å². The molecule has 1 aliphatic heterocycles. The number of hydrogen-bond acceptors (Lipinski definition) is 5. The highest BCUT2D eigenvalue weighted by Crippen LogP contribution is 2.47. The number of aliphatic hydroxyl groups is 1. The lowest BCUT2D eigenvalue weighted by Gasteiger charge is -2.49. The third kappa shape index (κ3) is 3.25. The van der Waals surface area contributed by atoms with Crippen LogP contribution in [0.15, 0.2) is 66.7 Å². The number of nitrogens with two attached hydrogens (primary N) is 1. The predicted molar refractivity (Wildman–Crippen MR) is 127 cm³/mol. The van der Waals surface area contributed by atoms with Crippen molar-refractivity contribution in [2.75, 3.05) is 0 Å². The van der Waals surface area contributed by atoms with Crippen LogP contribution >= 0.6 is 0 Å². The summed E-state index contributed by atoms with van der Waals surface area (Å²) >= 11 is 0. The zero-order chi connectivity index (χ0) is 22.8. The number of ether oxygens (including phenoxy) is 1. The maximum absolute atomic E-state index is 10.2. The molecule has 0 atom stereocenters. The van der Waals surface area contributed by atoms with Gasteiger partial charge in [0.25, 0.3) is 0 Å². The summed E-state index contributed by atoms with van der Waals surface area (Å²) in [5.74, 6) is 1.56. The average molecular weight is 439 g/mol. The molecule has 1 saturated carbocycles. The minimum atomic E-state index is -0.685. The summed E-state index contributed by atoms with van der Waals surface area (Å²) < 4.78 is 8.14. The Bertz CT molecular complexity index is 1350. The Kier molecular flexibility index (Phi) is 4.28. The quantitative estimate of drug-likeness (QED) is 0.487. The fourth-order valence-electron chi connectivity index (χ4n) is 5.28. The topological polar surface area (TPSA) is 86.2 Å². The molecule has 2 aliphatic rings. The van der Waals surface area contributed by atoms with Crippen LogP contribution in [0, 0.1) is 6.92 Å². The number of hydrogen-bond donors (Lipinski definition) is 2. The fraction of sp³-hybridized carbons (Fsp3) is 0.259. The van der Waals surface area contributed by atoms with Crippen molar-refractivity contribution < 1.29 is 9.84 Å². The average Bonchev–Trinajstić information content (AvgIpc) is 3.18. The van der Waals surface area contributed by atoms with E-state index in [1.54, 1.807) is 0 Å². The van der Waals surface area contributed by atoms with Gasteiger partial charge in [0.2, 0.25) is 0 Å². The SMILES string of the molecule is Cc1ccc2c(n1)-c1nc(-c3ccc([C@]4(N)C[C@@](C)(O)C4)cc3)c(-c3ccccc3)n1CO2. The molecule has 6 rings (SSSR count). The molecule has 2 aromatic carbocycles. The van der Waals surface area contributed by atoms with Crippen molar-refractivity contribution in [2.45, 2.75) is 44.6 Å². The molecule has 2 aromatic heterocycles. The molecule has 166 valence electrons. The molecule has 0 bridgehead atoms. The second-order valence-electron chi connectivity index (χ2n) is 9.58. The monoisotopic (exact) mass is 438 g/mol. The second-order valence-corrected chi connectivity index (χ2v) is 9.58. The van der Waals surface area contributed by atoms with Gasteiger partial charge in [-0.1, -0.05) is 54.6 Å². The van der Waals surface area contributed by atoms with E-state index in [4.69, 9.17) is 20.4 Å². The molecule has 0 radical (unpaired) electrons. The molecule has 0 unspecified atom stereocenters. The summed E-state index contributed by atoms with van der Waals surface area (Å²) in [7, 11) is 0. The van der Waals surface area contributed by atoms with Gasteiger partial charge in [0.15, 0.2) is 18.3 Å². The van der Waals surface area contributed by atoms with Crippen molar-refractivity contribution in [3.8, 4) is 39.8 Å². The van der Waals surface area contributed by atoms with Crippen LogP contribution in [0.25, 0.3) is 34.0 Å². The van der Waals surface area contributed by atoms with Gasteiger partial charge in [0.05, 0.1) is 17.0 Å². The molecule has 3 N–H and O–H groups in total. The zero-order valence-electron chi connectivity index (χ0n) is 18.7. The van der Waals surface area contributed by atoms with Gasteiger partial charge in [-0.25, -0.2) is 9.97 Å². The summed E-state index contributed by atoms with van der Waals surface area (Å²) in [6, 6.07) is 22.4. The number of imidazole rings is 1. The standard InChI is InChI=1S/C27H26N4O2/c1-17-8-13-21-23(29-17)25-30-22(24(31(25)16-33-21)19-6-4-3-5-7-19)18-9-11-20(12-10-18)27(28)14-26(2,32)15-27/h3-13,32H,14-16,28H2,1-2H3/t26-,27+. The summed E-state index contributed by atoms with van der Waals surface area (Å²) in [5.41, 5.74) is 12.1. The number of benzene rings is 2. The minimum absolute atomic E-state index is 0.378. The van der Waals surface area contributed by atoms with Crippen molar-refractivity contribution >= 4 is 0 Å². The van der Waals surface area contributed by atoms with E-state index >= 15 is 0 Å². The Morgan fingerprint density at radius 3 is 2.33 bits per heavy atom. The number of pyridine rings is 1. The highest BCUT2D eigenvalue weighted by Gasteiger charge is 2.49. The van der Waals surface area contributed by atoms with Gasteiger partial charge in [0.1, 0.15) is 5.69 Å². The Morgan fingerprint density at radius 1 is 0.909 bits per heavy atom. The largest absolute Gasteiger partial charge is 0.470 e. The summed E-state index contributed by atoms with van der Waals surface area (Å²) in [5, 5.41) is 10.2. The summed E-state index contributed by atoms with van der Waals surface area (Å²) in [4.78, 5) is 9.81. The molecule has 0 saturated heterocycles. The maximum atomic E-state index is 10.2. The van der Waals surface area contributed by atoms with Gasteiger partial charge < -0.3 is 15.6 Å². The number of rotatable bonds is 3. The first-order valence-corrected chi connectivity index (χ1v) is 11.2. The lowest BCUT2D eigenvalue weighted by Crippen LogP contribution is -2.58. The van der Waals surface area contributed by atoms with Crippen molar-refractivity contribution in [2.24, 2.45) is 5.73 Å². The number of fused-ring (bicyclic) bond motifs is 3. The summed E-state index contributed by atoms with van der Waals surface area (Å²) in [6.45, 7) is 4.19. The minimum Gasteiger partial charge on any atom is -0.470 e. The van der Waals surface area contributed by atoms with Crippen molar-refractivity contribution in [3.63, 3.8) is 0 Å². The molecule has 0 amide bonds. The number of aromatic nitrogens is 3. The third-order valence-electron chi connectivity index (χ3n) is 6.70. The Morgan fingerprint density at radius 2 is 1.64 bits per heavy atom. The molecule has 6 nitrogen and oxygen atoms in total. The van der Waals surface area contributed by atoms with Gasteiger partial charge in [-0.3, -0.25) is 4.57 Å². The zero-order valence-corrected chi connectivity index (χ0v) is 18.7. The summed E-state index contributed by atoms with van der Waals surface area (Å²) in [6.07, 6.45) is 1.12. The van der Waals surface area contributed by atoms with E-state index < -0.39 is 11.1 Å². The second kappa shape index (κ2) is 7.01. The van der Waals surface area contributed by atoms with E-state index in [-0.39, 0.29) is 0 Å². The van der Waals surface area contributed by atoms with Gasteiger partial charge in [-0.2, -0.15) is 0 Å². The normalized spacial score (nSPS) is 23.3. The molecule has 33 heavy (non-hydrogen) atoms. The molecular formula is C27H26N4O2.